The fraction of sp³-hybridized carbons (Fsp3) is 0.111. The van der Waals surface area contributed by atoms with E-state index in [0.29, 0.717) is 10.6 Å². The fourth-order valence-electron chi connectivity index (χ4n) is 0.953. The molecule has 0 heterocycles. The number of carboxylic acid groups (broad SMARTS) is 1. The van der Waals surface area contributed by atoms with Gasteiger partial charge in [0.25, 0.3) is 5.69 Å². The SMILES string of the molecule is CN(N=Cc1ccc(Cl)c([N+](=O)[O-])c1)C(=O)O. The molecule has 0 aliphatic carbocycles. The first-order valence-corrected chi connectivity index (χ1v) is 4.74. The highest BCUT2D eigenvalue weighted by molar-refractivity contribution is 6.32. The molecule has 0 aliphatic rings. The Balaban J connectivity index is 2.97. The van der Waals surface area contributed by atoms with Gasteiger partial charge >= 0.3 is 6.09 Å². The molecular formula is C9H8ClN3O4. The van der Waals surface area contributed by atoms with Gasteiger partial charge in [-0.25, -0.2) is 9.80 Å². The second-order valence-corrected chi connectivity index (χ2v) is 3.43. The molecule has 1 N–H and O–H groups in total. The third-order valence-electron chi connectivity index (χ3n) is 1.82. The van der Waals surface area contributed by atoms with Crippen LogP contribution < -0.4 is 0 Å². The van der Waals surface area contributed by atoms with Crippen molar-refractivity contribution in [2.75, 3.05) is 7.05 Å². The molecule has 0 atom stereocenters. The third-order valence-corrected chi connectivity index (χ3v) is 2.14. The second-order valence-electron chi connectivity index (χ2n) is 3.02. The Kier molecular flexibility index (Phi) is 4.00. The maximum Gasteiger partial charge on any atom is 0.427 e. The number of nitrogens with zero attached hydrogens (tertiary/aromatic N) is 3. The van der Waals surface area contributed by atoms with E-state index in [1.54, 1.807) is 0 Å². The normalized spacial score (nSPS) is 10.5. The van der Waals surface area contributed by atoms with Crippen LogP contribution in [0.25, 0.3) is 0 Å². The number of hydrazone groups is 1. The van der Waals surface area contributed by atoms with E-state index in [-0.39, 0.29) is 10.7 Å². The molecule has 0 aromatic heterocycles. The Bertz CT molecular complexity index is 489. The Morgan fingerprint density at radius 3 is 2.82 bits per heavy atom. The first kappa shape index (κ1) is 12.9. The maximum atomic E-state index is 10.6. The van der Waals surface area contributed by atoms with Gasteiger partial charge in [-0.2, -0.15) is 5.10 Å². The lowest BCUT2D eigenvalue weighted by atomic mass is 10.2. The van der Waals surface area contributed by atoms with Crippen LogP contribution in [-0.4, -0.2) is 34.4 Å². The molecule has 0 radical (unpaired) electrons. The maximum absolute atomic E-state index is 10.6. The van der Waals surface area contributed by atoms with Crippen molar-refractivity contribution in [3.63, 3.8) is 0 Å². The van der Waals surface area contributed by atoms with Crippen molar-refractivity contribution in [2.24, 2.45) is 5.10 Å². The second kappa shape index (κ2) is 5.26. The lowest BCUT2D eigenvalue weighted by Gasteiger charge is -2.04. The number of rotatable bonds is 3. The molecule has 1 rings (SSSR count). The van der Waals surface area contributed by atoms with E-state index in [1.165, 1.54) is 31.5 Å². The number of nitro groups is 1. The molecule has 0 saturated heterocycles. The van der Waals surface area contributed by atoms with Crippen LogP contribution in [0.3, 0.4) is 0 Å². The van der Waals surface area contributed by atoms with Crippen LogP contribution in [0.5, 0.6) is 0 Å². The van der Waals surface area contributed by atoms with E-state index in [9.17, 15) is 14.9 Å². The van der Waals surface area contributed by atoms with Gasteiger partial charge in [-0.1, -0.05) is 17.7 Å². The number of nitro benzene ring substituents is 1. The Labute approximate surface area is 101 Å². The topological polar surface area (TPSA) is 96.0 Å². The highest BCUT2D eigenvalue weighted by Gasteiger charge is 2.12. The van der Waals surface area contributed by atoms with Gasteiger partial charge in [-0.3, -0.25) is 10.1 Å². The summed E-state index contributed by atoms with van der Waals surface area (Å²) in [6.07, 6.45) is -0.0398. The van der Waals surface area contributed by atoms with Crippen molar-refractivity contribution >= 4 is 29.6 Å². The van der Waals surface area contributed by atoms with E-state index in [1.807, 2.05) is 0 Å². The molecule has 0 spiro atoms. The van der Waals surface area contributed by atoms with Crippen molar-refractivity contribution in [2.45, 2.75) is 0 Å². The Morgan fingerprint density at radius 1 is 1.65 bits per heavy atom. The minimum atomic E-state index is -1.23. The van der Waals surface area contributed by atoms with E-state index >= 15 is 0 Å². The van der Waals surface area contributed by atoms with Crippen LogP contribution in [0.2, 0.25) is 5.02 Å². The molecule has 1 amide bonds. The molecule has 8 heteroatoms. The van der Waals surface area contributed by atoms with Crippen LogP contribution in [0.4, 0.5) is 10.5 Å². The molecule has 1 aromatic rings. The molecule has 1 aromatic carbocycles. The van der Waals surface area contributed by atoms with E-state index in [2.05, 4.69) is 5.10 Å². The van der Waals surface area contributed by atoms with E-state index < -0.39 is 11.0 Å². The van der Waals surface area contributed by atoms with E-state index in [4.69, 9.17) is 16.7 Å². The van der Waals surface area contributed by atoms with Crippen LogP contribution in [-0.2, 0) is 0 Å². The van der Waals surface area contributed by atoms with Crippen LogP contribution in [0, 0.1) is 10.1 Å². The molecule has 0 bridgehead atoms. The predicted molar refractivity (Wildman–Crippen MR) is 61.5 cm³/mol. The zero-order valence-electron chi connectivity index (χ0n) is 8.70. The summed E-state index contributed by atoms with van der Waals surface area (Å²) in [5.74, 6) is 0. The average molecular weight is 258 g/mol. The van der Waals surface area contributed by atoms with Gasteiger partial charge in [0.05, 0.1) is 11.1 Å². The van der Waals surface area contributed by atoms with Gasteiger partial charge in [-0.15, -0.1) is 0 Å². The average Bonchev–Trinajstić information content (AvgIpc) is 2.26. The van der Waals surface area contributed by atoms with Crippen molar-refractivity contribution in [3.05, 3.63) is 38.9 Å². The molecule has 0 unspecified atom stereocenters. The minimum absolute atomic E-state index is 0.0127. The lowest BCUT2D eigenvalue weighted by molar-refractivity contribution is -0.384. The Morgan fingerprint density at radius 2 is 2.29 bits per heavy atom. The summed E-state index contributed by atoms with van der Waals surface area (Å²) in [5, 5.41) is 23.4. The number of halogens is 1. The summed E-state index contributed by atoms with van der Waals surface area (Å²) in [4.78, 5) is 20.4. The molecule has 0 saturated carbocycles. The predicted octanol–water partition coefficient (Wildman–Crippen LogP) is 2.19. The molecule has 0 aliphatic heterocycles. The molecule has 7 nitrogen and oxygen atoms in total. The zero-order chi connectivity index (χ0) is 13.0. The van der Waals surface area contributed by atoms with Crippen LogP contribution in [0.15, 0.2) is 23.3 Å². The van der Waals surface area contributed by atoms with Gasteiger partial charge in [0.1, 0.15) is 5.02 Å². The summed E-state index contributed by atoms with van der Waals surface area (Å²) < 4.78 is 0. The smallest absolute Gasteiger partial charge is 0.427 e. The summed E-state index contributed by atoms with van der Waals surface area (Å²) in [6, 6.07) is 4.05. The van der Waals surface area contributed by atoms with Crippen molar-refractivity contribution in [1.29, 1.82) is 0 Å². The summed E-state index contributed by atoms with van der Waals surface area (Å²) >= 11 is 5.61. The number of amides is 1. The minimum Gasteiger partial charge on any atom is -0.464 e. The third kappa shape index (κ3) is 3.42. The van der Waals surface area contributed by atoms with Crippen molar-refractivity contribution < 1.29 is 14.8 Å². The van der Waals surface area contributed by atoms with Crippen LogP contribution in [0.1, 0.15) is 5.56 Å². The molecular weight excluding hydrogens is 250 g/mol. The lowest BCUT2D eigenvalue weighted by Crippen LogP contribution is -2.18. The summed E-state index contributed by atoms with van der Waals surface area (Å²) in [5.41, 5.74) is 0.128. The van der Waals surface area contributed by atoms with Gasteiger partial charge < -0.3 is 5.11 Å². The standard InChI is InChI=1S/C9H8ClN3O4/c1-12(9(14)15)11-5-6-2-3-7(10)8(4-6)13(16)17/h2-5H,1H3,(H,14,15). The van der Waals surface area contributed by atoms with Crippen LogP contribution >= 0.6 is 11.6 Å². The quantitative estimate of drug-likeness (QED) is 0.510. The fourth-order valence-corrected chi connectivity index (χ4v) is 1.14. The van der Waals surface area contributed by atoms with Gasteiger partial charge in [0.15, 0.2) is 0 Å². The van der Waals surface area contributed by atoms with Crippen molar-refractivity contribution in [3.8, 4) is 0 Å². The van der Waals surface area contributed by atoms with Crippen molar-refractivity contribution in [1.82, 2.24) is 5.01 Å². The molecule has 90 valence electrons. The monoisotopic (exact) mass is 257 g/mol. The number of hydrogen-bond donors (Lipinski definition) is 1. The van der Waals surface area contributed by atoms with Gasteiger partial charge in [0.2, 0.25) is 0 Å². The highest BCUT2D eigenvalue weighted by atomic mass is 35.5. The summed E-state index contributed by atoms with van der Waals surface area (Å²) in [6.45, 7) is 0. The largest absolute Gasteiger partial charge is 0.464 e. The highest BCUT2D eigenvalue weighted by Crippen LogP contribution is 2.24. The number of carbonyl (C=O) groups is 1. The molecule has 0 fully saturated rings. The molecule has 17 heavy (non-hydrogen) atoms. The zero-order valence-corrected chi connectivity index (χ0v) is 9.46. The van der Waals surface area contributed by atoms with Gasteiger partial charge in [-0.05, 0) is 6.07 Å². The summed E-state index contributed by atoms with van der Waals surface area (Å²) in [7, 11) is 1.24. The number of benzene rings is 1. The first-order valence-electron chi connectivity index (χ1n) is 4.36. The van der Waals surface area contributed by atoms with E-state index in [0.717, 1.165) is 0 Å². The number of hydrogen-bond acceptors (Lipinski definition) is 4. The first-order chi connectivity index (χ1) is 7.91. The van der Waals surface area contributed by atoms with Gasteiger partial charge in [0, 0.05) is 18.7 Å². The Hall–Kier alpha value is -2.15.